The van der Waals surface area contributed by atoms with Gasteiger partial charge in [0, 0.05) is 48.3 Å². The number of pyridine rings is 1. The molecule has 1 aromatic heterocycles. The molecule has 194 valence electrons. The molecular weight excluding hydrogens is 454 g/mol. The quantitative estimate of drug-likeness (QED) is 0.433. The molecule has 0 bridgehead atoms. The third-order valence-corrected chi connectivity index (χ3v) is 9.66. The summed E-state index contributed by atoms with van der Waals surface area (Å²) in [7, 11) is 6.07. The van der Waals surface area contributed by atoms with E-state index in [-0.39, 0.29) is 0 Å². The number of methoxy groups -OCH3 is 1. The highest BCUT2D eigenvalue weighted by molar-refractivity contribution is 7.99. The zero-order valence-electron chi connectivity index (χ0n) is 22.0. The van der Waals surface area contributed by atoms with Crippen molar-refractivity contribution in [3.05, 3.63) is 36.0 Å². The van der Waals surface area contributed by atoms with Crippen LogP contribution >= 0.6 is 11.8 Å². The standard InChI is InChI=1S/C29H45N3O2S/c1-31(2)29(26-13-15-30-28-11-10-24(34-3)19-27(26)28)12-9-22-14-16-32(20-23(22)21-33)17-18-35-25-7-5-4-6-8-25/h10-11,13,15,19,22-23,25,29,33H,4-9,12,14,16-18,20-21H2,1-3H3/t22-,23-,29+/m1/s1. The SMILES string of the molecule is COc1ccc2nccc([C@H](CC[C@@H]3CCN(CCSC4CCCCC4)C[C@@H]3CO)N(C)C)c2c1. The van der Waals surface area contributed by atoms with Crippen LogP contribution in [0.25, 0.3) is 10.9 Å². The van der Waals surface area contributed by atoms with Crippen molar-refractivity contribution in [3.63, 3.8) is 0 Å². The second-order valence-corrected chi connectivity index (χ2v) is 12.2. The van der Waals surface area contributed by atoms with E-state index in [0.717, 1.165) is 35.9 Å². The van der Waals surface area contributed by atoms with Crippen molar-refractivity contribution >= 4 is 22.7 Å². The summed E-state index contributed by atoms with van der Waals surface area (Å²) in [6.07, 6.45) is 12.5. The van der Waals surface area contributed by atoms with Crippen LogP contribution in [0.3, 0.4) is 0 Å². The Kier molecular flexibility index (Phi) is 10.1. The first kappa shape index (κ1) is 26.7. The predicted molar refractivity (Wildman–Crippen MR) is 148 cm³/mol. The summed E-state index contributed by atoms with van der Waals surface area (Å²) in [6.45, 7) is 3.71. The highest BCUT2D eigenvalue weighted by Gasteiger charge is 2.30. The number of ether oxygens (including phenoxy) is 1. The fraction of sp³-hybridized carbons (Fsp3) is 0.690. The molecule has 1 saturated heterocycles. The van der Waals surface area contributed by atoms with Gasteiger partial charge in [-0.3, -0.25) is 4.98 Å². The lowest BCUT2D eigenvalue weighted by molar-refractivity contribution is 0.0671. The van der Waals surface area contributed by atoms with Crippen LogP contribution in [-0.4, -0.2) is 78.3 Å². The van der Waals surface area contributed by atoms with Gasteiger partial charge in [0.15, 0.2) is 0 Å². The van der Waals surface area contributed by atoms with Gasteiger partial charge in [-0.25, -0.2) is 0 Å². The summed E-state index contributed by atoms with van der Waals surface area (Å²) >= 11 is 2.20. The Hall–Kier alpha value is -1.34. The van der Waals surface area contributed by atoms with Crippen LogP contribution in [0.4, 0.5) is 0 Å². The van der Waals surface area contributed by atoms with Crippen LogP contribution in [0.15, 0.2) is 30.5 Å². The summed E-state index contributed by atoms with van der Waals surface area (Å²) in [4.78, 5) is 9.53. The maximum Gasteiger partial charge on any atom is 0.119 e. The third kappa shape index (κ3) is 7.12. The van der Waals surface area contributed by atoms with Crippen LogP contribution in [0.2, 0.25) is 0 Å². The number of fused-ring (bicyclic) bond motifs is 1. The molecule has 35 heavy (non-hydrogen) atoms. The van der Waals surface area contributed by atoms with Crippen molar-refractivity contribution in [2.45, 2.75) is 62.7 Å². The number of hydrogen-bond acceptors (Lipinski definition) is 6. The zero-order chi connectivity index (χ0) is 24.6. The maximum absolute atomic E-state index is 10.2. The van der Waals surface area contributed by atoms with Gasteiger partial charge >= 0.3 is 0 Å². The van der Waals surface area contributed by atoms with E-state index in [9.17, 15) is 5.11 Å². The first-order chi connectivity index (χ1) is 17.1. The molecule has 5 nitrogen and oxygen atoms in total. The lowest BCUT2D eigenvalue weighted by Crippen LogP contribution is -2.43. The Balaban J connectivity index is 1.34. The van der Waals surface area contributed by atoms with E-state index in [2.05, 4.69) is 58.8 Å². The van der Waals surface area contributed by atoms with Crippen LogP contribution in [0.5, 0.6) is 5.75 Å². The number of benzene rings is 1. The summed E-state index contributed by atoms with van der Waals surface area (Å²) in [5, 5.41) is 12.3. The molecule has 2 aromatic rings. The molecule has 1 aliphatic heterocycles. The first-order valence-electron chi connectivity index (χ1n) is 13.6. The number of aliphatic hydroxyl groups is 1. The topological polar surface area (TPSA) is 48.8 Å². The van der Waals surface area contributed by atoms with Gasteiger partial charge in [-0.1, -0.05) is 19.3 Å². The fourth-order valence-electron chi connectivity index (χ4n) is 6.15. The van der Waals surface area contributed by atoms with E-state index >= 15 is 0 Å². The Morgan fingerprint density at radius 1 is 1.14 bits per heavy atom. The van der Waals surface area contributed by atoms with Crippen molar-refractivity contribution in [2.75, 3.05) is 53.2 Å². The van der Waals surface area contributed by atoms with E-state index < -0.39 is 0 Å². The van der Waals surface area contributed by atoms with Crippen molar-refractivity contribution in [2.24, 2.45) is 11.8 Å². The molecule has 1 N–H and O–H groups in total. The number of likely N-dealkylation sites (tertiary alicyclic amines) is 1. The minimum Gasteiger partial charge on any atom is -0.497 e. The molecule has 1 aliphatic carbocycles. The van der Waals surface area contributed by atoms with E-state index in [1.54, 1.807) is 7.11 Å². The van der Waals surface area contributed by atoms with Crippen LogP contribution in [0.1, 0.15) is 63.0 Å². The minimum absolute atomic E-state index is 0.305. The molecule has 1 aromatic carbocycles. The highest BCUT2D eigenvalue weighted by Crippen LogP contribution is 2.36. The molecule has 3 atom stereocenters. The van der Waals surface area contributed by atoms with E-state index in [0.29, 0.717) is 24.5 Å². The Labute approximate surface area is 216 Å². The predicted octanol–water partition coefficient (Wildman–Crippen LogP) is 5.62. The minimum atomic E-state index is 0.305. The normalized spacial score (nSPS) is 23.1. The number of rotatable bonds is 11. The van der Waals surface area contributed by atoms with Gasteiger partial charge in [0.25, 0.3) is 0 Å². The molecule has 0 amide bonds. The van der Waals surface area contributed by atoms with Crippen molar-refractivity contribution in [3.8, 4) is 5.75 Å². The molecule has 0 unspecified atom stereocenters. The molecule has 2 heterocycles. The van der Waals surface area contributed by atoms with Crippen molar-refractivity contribution in [1.82, 2.24) is 14.8 Å². The van der Waals surface area contributed by atoms with Gasteiger partial charge in [-0.15, -0.1) is 0 Å². The number of hydrogen-bond donors (Lipinski definition) is 1. The lowest BCUT2D eigenvalue weighted by Gasteiger charge is -2.39. The lowest BCUT2D eigenvalue weighted by atomic mass is 9.81. The molecule has 0 radical (unpaired) electrons. The number of aromatic nitrogens is 1. The summed E-state index contributed by atoms with van der Waals surface area (Å²) in [5.41, 5.74) is 2.33. The van der Waals surface area contributed by atoms with Gasteiger partial charge in [0.2, 0.25) is 0 Å². The Morgan fingerprint density at radius 2 is 1.97 bits per heavy atom. The molecule has 6 heteroatoms. The summed E-state index contributed by atoms with van der Waals surface area (Å²) < 4.78 is 5.50. The number of nitrogens with zero attached hydrogens (tertiary/aromatic N) is 3. The number of aliphatic hydroxyl groups excluding tert-OH is 1. The first-order valence-corrected chi connectivity index (χ1v) is 14.7. The fourth-order valence-corrected chi connectivity index (χ4v) is 7.52. The van der Waals surface area contributed by atoms with E-state index in [1.165, 1.54) is 68.3 Å². The monoisotopic (exact) mass is 499 g/mol. The van der Waals surface area contributed by atoms with Crippen molar-refractivity contribution in [1.29, 1.82) is 0 Å². The molecule has 2 fully saturated rings. The smallest absolute Gasteiger partial charge is 0.119 e. The molecule has 1 saturated carbocycles. The molecule has 4 rings (SSSR count). The molecule has 0 spiro atoms. The van der Waals surface area contributed by atoms with Gasteiger partial charge < -0.3 is 19.6 Å². The second-order valence-electron chi connectivity index (χ2n) is 10.8. The van der Waals surface area contributed by atoms with Crippen LogP contribution < -0.4 is 4.74 Å². The average molecular weight is 500 g/mol. The van der Waals surface area contributed by atoms with E-state index in [4.69, 9.17) is 4.74 Å². The van der Waals surface area contributed by atoms with Gasteiger partial charge in [-0.05, 0) is 94.4 Å². The molecule has 2 aliphatic rings. The molecular formula is C29H45N3O2S. The number of thioether (sulfide) groups is 1. The number of piperidine rings is 1. The highest BCUT2D eigenvalue weighted by atomic mass is 32.2. The Bertz CT molecular complexity index is 918. The third-order valence-electron chi connectivity index (χ3n) is 8.30. The summed E-state index contributed by atoms with van der Waals surface area (Å²) in [5.74, 6) is 3.10. The van der Waals surface area contributed by atoms with Crippen molar-refractivity contribution < 1.29 is 9.84 Å². The van der Waals surface area contributed by atoms with Crippen LogP contribution in [-0.2, 0) is 0 Å². The van der Waals surface area contributed by atoms with Gasteiger partial charge in [-0.2, -0.15) is 11.8 Å². The van der Waals surface area contributed by atoms with Gasteiger partial charge in [0.05, 0.1) is 12.6 Å². The van der Waals surface area contributed by atoms with Gasteiger partial charge in [0.1, 0.15) is 5.75 Å². The van der Waals surface area contributed by atoms with Crippen LogP contribution in [0, 0.1) is 11.8 Å². The largest absolute Gasteiger partial charge is 0.497 e. The second kappa shape index (κ2) is 13.3. The zero-order valence-corrected chi connectivity index (χ0v) is 22.8. The summed E-state index contributed by atoms with van der Waals surface area (Å²) in [6, 6.07) is 8.64. The average Bonchev–Trinajstić information content (AvgIpc) is 2.89. The Morgan fingerprint density at radius 3 is 2.71 bits per heavy atom. The maximum atomic E-state index is 10.2. The van der Waals surface area contributed by atoms with E-state index in [1.807, 2.05) is 12.3 Å².